The molecule has 2 rings (SSSR count). The number of benzene rings is 1. The Morgan fingerprint density at radius 3 is 2.61 bits per heavy atom. The van der Waals surface area contributed by atoms with Gasteiger partial charge in [-0.25, -0.2) is 13.2 Å². The van der Waals surface area contributed by atoms with Gasteiger partial charge < -0.3 is 0 Å². The lowest BCUT2D eigenvalue weighted by atomic mass is 10.0. The molecular formula is C13H8F3NO. The van der Waals surface area contributed by atoms with Crippen molar-refractivity contribution in [2.24, 2.45) is 0 Å². The van der Waals surface area contributed by atoms with Crippen molar-refractivity contribution in [3.8, 4) is 0 Å². The SMILES string of the molecule is O=C(Cc1cccc(F)c1F)c1ccncc1F. The van der Waals surface area contributed by atoms with Gasteiger partial charge in [0.05, 0.1) is 11.8 Å². The highest BCUT2D eigenvalue weighted by atomic mass is 19.2. The number of aromatic nitrogens is 1. The monoisotopic (exact) mass is 251 g/mol. The van der Waals surface area contributed by atoms with Crippen molar-refractivity contribution in [3.05, 3.63) is 65.2 Å². The van der Waals surface area contributed by atoms with Crippen LogP contribution >= 0.6 is 0 Å². The van der Waals surface area contributed by atoms with Crippen molar-refractivity contribution in [2.75, 3.05) is 0 Å². The molecule has 0 aliphatic carbocycles. The lowest BCUT2D eigenvalue weighted by Crippen LogP contribution is -2.08. The first-order valence-electron chi connectivity index (χ1n) is 5.15. The number of ketones is 1. The summed E-state index contributed by atoms with van der Waals surface area (Å²) in [5.41, 5.74) is -0.287. The maximum absolute atomic E-state index is 13.3. The molecule has 0 radical (unpaired) electrons. The predicted molar refractivity (Wildman–Crippen MR) is 58.6 cm³/mol. The van der Waals surface area contributed by atoms with E-state index in [1.54, 1.807) is 0 Å². The molecule has 2 aromatic rings. The Balaban J connectivity index is 2.27. The van der Waals surface area contributed by atoms with Gasteiger partial charge in [-0.15, -0.1) is 0 Å². The minimum absolute atomic E-state index is 0.101. The van der Waals surface area contributed by atoms with Crippen LogP contribution in [-0.2, 0) is 6.42 Å². The molecule has 0 atom stereocenters. The zero-order valence-electron chi connectivity index (χ0n) is 9.16. The molecule has 0 saturated carbocycles. The molecule has 0 fully saturated rings. The van der Waals surface area contributed by atoms with Crippen molar-refractivity contribution < 1.29 is 18.0 Å². The van der Waals surface area contributed by atoms with Gasteiger partial charge in [0, 0.05) is 12.6 Å². The van der Waals surface area contributed by atoms with E-state index < -0.39 is 29.7 Å². The fourth-order valence-corrected chi connectivity index (χ4v) is 1.55. The summed E-state index contributed by atoms with van der Waals surface area (Å²) in [4.78, 5) is 15.2. The lowest BCUT2D eigenvalue weighted by Gasteiger charge is -2.04. The summed E-state index contributed by atoms with van der Waals surface area (Å²) in [6.45, 7) is 0. The van der Waals surface area contributed by atoms with Gasteiger partial charge in [-0.3, -0.25) is 9.78 Å². The van der Waals surface area contributed by atoms with Crippen LogP contribution in [0.15, 0.2) is 36.7 Å². The zero-order chi connectivity index (χ0) is 13.1. The molecule has 0 bridgehead atoms. The third-order valence-corrected chi connectivity index (χ3v) is 2.46. The molecule has 0 amide bonds. The highest BCUT2D eigenvalue weighted by Crippen LogP contribution is 2.15. The highest BCUT2D eigenvalue weighted by Gasteiger charge is 2.15. The molecule has 1 heterocycles. The molecule has 0 saturated heterocycles. The Morgan fingerprint density at radius 1 is 1.11 bits per heavy atom. The van der Waals surface area contributed by atoms with Crippen LogP contribution in [0, 0.1) is 17.5 Å². The van der Waals surface area contributed by atoms with E-state index in [1.807, 2.05) is 0 Å². The standard InChI is InChI=1S/C13H8F3NO/c14-10-3-1-2-8(13(10)16)6-12(18)9-4-5-17-7-11(9)15/h1-5,7H,6H2. The normalized spacial score (nSPS) is 10.4. The van der Waals surface area contributed by atoms with E-state index in [-0.39, 0.29) is 11.1 Å². The Kier molecular flexibility index (Phi) is 3.41. The number of halogens is 3. The Labute approximate surface area is 101 Å². The van der Waals surface area contributed by atoms with Gasteiger partial charge in [-0.05, 0) is 17.7 Å². The van der Waals surface area contributed by atoms with Gasteiger partial charge in [0.15, 0.2) is 23.2 Å². The summed E-state index contributed by atoms with van der Waals surface area (Å²) in [6.07, 6.45) is 1.76. The average molecular weight is 251 g/mol. The molecule has 0 unspecified atom stereocenters. The fraction of sp³-hybridized carbons (Fsp3) is 0.0769. The number of carbonyl (C=O) groups is 1. The second-order valence-electron chi connectivity index (χ2n) is 3.67. The van der Waals surface area contributed by atoms with Crippen molar-refractivity contribution >= 4 is 5.78 Å². The Bertz CT molecular complexity index is 599. The summed E-state index contributed by atoms with van der Waals surface area (Å²) < 4.78 is 39.6. The third kappa shape index (κ3) is 2.40. The van der Waals surface area contributed by atoms with Crippen LogP contribution in [0.2, 0.25) is 0 Å². The summed E-state index contributed by atoms with van der Waals surface area (Å²) in [7, 11) is 0. The van der Waals surface area contributed by atoms with Crippen LogP contribution in [-0.4, -0.2) is 10.8 Å². The summed E-state index contributed by atoms with van der Waals surface area (Å²) >= 11 is 0. The number of carbonyl (C=O) groups excluding carboxylic acids is 1. The van der Waals surface area contributed by atoms with Crippen molar-refractivity contribution in [1.82, 2.24) is 4.98 Å². The summed E-state index contributed by atoms with van der Waals surface area (Å²) in [6, 6.07) is 4.74. The summed E-state index contributed by atoms with van der Waals surface area (Å²) in [5.74, 6) is -3.52. The number of hydrogen-bond acceptors (Lipinski definition) is 2. The van der Waals surface area contributed by atoms with E-state index in [4.69, 9.17) is 0 Å². The van der Waals surface area contributed by atoms with Gasteiger partial charge in [-0.2, -0.15) is 0 Å². The predicted octanol–water partition coefficient (Wildman–Crippen LogP) is 2.92. The van der Waals surface area contributed by atoms with Gasteiger partial charge in [0.1, 0.15) is 0 Å². The molecule has 0 aliphatic heterocycles. The largest absolute Gasteiger partial charge is 0.294 e. The third-order valence-electron chi connectivity index (χ3n) is 2.46. The first-order valence-corrected chi connectivity index (χ1v) is 5.15. The van der Waals surface area contributed by atoms with Gasteiger partial charge in [-0.1, -0.05) is 12.1 Å². The Hall–Kier alpha value is -2.17. The smallest absolute Gasteiger partial charge is 0.170 e. The molecule has 92 valence electrons. The first-order chi connectivity index (χ1) is 8.59. The molecule has 18 heavy (non-hydrogen) atoms. The van der Waals surface area contributed by atoms with Crippen LogP contribution in [0.4, 0.5) is 13.2 Å². The molecule has 0 aliphatic rings. The fourth-order valence-electron chi connectivity index (χ4n) is 1.55. The minimum atomic E-state index is -1.08. The minimum Gasteiger partial charge on any atom is -0.294 e. The van der Waals surface area contributed by atoms with Gasteiger partial charge in [0.25, 0.3) is 0 Å². The number of pyridine rings is 1. The van der Waals surface area contributed by atoms with Gasteiger partial charge in [0.2, 0.25) is 0 Å². The van der Waals surface area contributed by atoms with E-state index in [9.17, 15) is 18.0 Å². The van der Waals surface area contributed by atoms with E-state index in [0.29, 0.717) is 0 Å². The Morgan fingerprint density at radius 2 is 1.89 bits per heavy atom. The molecule has 0 N–H and O–H groups in total. The number of Topliss-reactive ketones (excluding diaryl/α,β-unsaturated/α-hetero) is 1. The second-order valence-corrected chi connectivity index (χ2v) is 3.67. The van der Waals surface area contributed by atoms with E-state index in [0.717, 1.165) is 12.3 Å². The lowest BCUT2D eigenvalue weighted by molar-refractivity contribution is 0.0987. The van der Waals surface area contributed by atoms with Crippen LogP contribution in [0.1, 0.15) is 15.9 Å². The van der Waals surface area contributed by atoms with E-state index in [1.165, 1.54) is 24.4 Å². The van der Waals surface area contributed by atoms with Crippen molar-refractivity contribution in [1.29, 1.82) is 0 Å². The molecule has 1 aromatic heterocycles. The van der Waals surface area contributed by atoms with Crippen LogP contribution in [0.25, 0.3) is 0 Å². The number of hydrogen-bond donors (Lipinski definition) is 0. The summed E-state index contributed by atoms with van der Waals surface area (Å²) in [5, 5.41) is 0. The first kappa shape index (κ1) is 12.3. The average Bonchev–Trinajstić information content (AvgIpc) is 2.35. The maximum atomic E-state index is 13.3. The number of rotatable bonds is 3. The van der Waals surface area contributed by atoms with Crippen molar-refractivity contribution in [2.45, 2.75) is 6.42 Å². The molecule has 1 aromatic carbocycles. The highest BCUT2D eigenvalue weighted by molar-refractivity contribution is 5.97. The van der Waals surface area contributed by atoms with E-state index in [2.05, 4.69) is 4.98 Å². The zero-order valence-corrected chi connectivity index (χ0v) is 9.16. The second kappa shape index (κ2) is 5.00. The van der Waals surface area contributed by atoms with Crippen LogP contribution < -0.4 is 0 Å². The molecule has 2 nitrogen and oxygen atoms in total. The maximum Gasteiger partial charge on any atom is 0.170 e. The van der Waals surface area contributed by atoms with E-state index >= 15 is 0 Å². The van der Waals surface area contributed by atoms with Crippen LogP contribution in [0.5, 0.6) is 0 Å². The molecule has 5 heteroatoms. The van der Waals surface area contributed by atoms with Gasteiger partial charge >= 0.3 is 0 Å². The molecule has 0 spiro atoms. The number of nitrogens with zero attached hydrogens (tertiary/aromatic N) is 1. The van der Waals surface area contributed by atoms with Crippen molar-refractivity contribution in [3.63, 3.8) is 0 Å². The topological polar surface area (TPSA) is 30.0 Å². The molecular weight excluding hydrogens is 243 g/mol. The quantitative estimate of drug-likeness (QED) is 0.785. The van der Waals surface area contributed by atoms with Crippen LogP contribution in [0.3, 0.4) is 0 Å².